The summed E-state index contributed by atoms with van der Waals surface area (Å²) in [6.45, 7) is 8.84. The van der Waals surface area contributed by atoms with Crippen LogP contribution in [0.2, 0.25) is 0 Å². The molecule has 0 N–H and O–H groups in total. The summed E-state index contributed by atoms with van der Waals surface area (Å²) in [5, 5.41) is 0. The molecule has 0 atom stereocenters. The predicted octanol–water partition coefficient (Wildman–Crippen LogP) is 2.32. The van der Waals surface area contributed by atoms with Gasteiger partial charge in [-0.2, -0.15) is 0 Å². The van der Waals surface area contributed by atoms with E-state index in [-0.39, 0.29) is 0 Å². The Morgan fingerprint density at radius 2 is 1.90 bits per heavy atom. The second-order valence-electron chi connectivity index (χ2n) is 3.62. The number of rotatable bonds is 0. The Hall–Kier alpha value is -0.585. The Morgan fingerprint density at radius 3 is 2.20 bits per heavy atom. The molecule has 1 heterocycles. The van der Waals surface area contributed by atoms with Crippen molar-refractivity contribution in [3.63, 3.8) is 0 Å². The molecule has 0 aromatic carbocycles. The van der Waals surface area contributed by atoms with Gasteiger partial charge in [0.2, 0.25) is 0 Å². The zero-order chi connectivity index (χ0) is 7.61. The first-order chi connectivity index (χ1) is 4.61. The van der Waals surface area contributed by atoms with Crippen molar-refractivity contribution >= 4 is 6.91 Å². The molecule has 0 amide bonds. The summed E-state index contributed by atoms with van der Waals surface area (Å²) >= 11 is 0. The fourth-order valence-electron chi connectivity index (χ4n) is 0.938. The van der Waals surface area contributed by atoms with E-state index in [1.807, 2.05) is 0 Å². The van der Waals surface area contributed by atoms with Crippen LogP contribution in [0.1, 0.15) is 26.2 Å². The van der Waals surface area contributed by atoms with Crippen molar-refractivity contribution in [3.8, 4) is 0 Å². The molecule has 0 saturated heterocycles. The van der Waals surface area contributed by atoms with Gasteiger partial charge in [0.25, 0.3) is 0 Å². The van der Waals surface area contributed by atoms with Gasteiger partial charge in [-0.25, -0.2) is 0 Å². The van der Waals surface area contributed by atoms with E-state index in [1.54, 1.807) is 0 Å². The standard InChI is InChI=1S/C9H13B/c1-9(2,3)8-6-4-5-7-10-8/h4-7H,1-3H3. The van der Waals surface area contributed by atoms with E-state index < -0.39 is 0 Å². The monoisotopic (exact) mass is 132 g/mol. The fraction of sp³-hybridized carbons (Fsp3) is 0.444. The van der Waals surface area contributed by atoms with Crippen LogP contribution in [-0.4, -0.2) is 6.91 Å². The topological polar surface area (TPSA) is 0 Å². The molecule has 0 fully saturated rings. The zero-order valence-corrected chi connectivity index (χ0v) is 6.89. The molecule has 0 aliphatic carbocycles. The van der Waals surface area contributed by atoms with Gasteiger partial charge in [-0.05, 0) is 0 Å². The van der Waals surface area contributed by atoms with Gasteiger partial charge < -0.3 is 0 Å². The molecule has 0 bridgehead atoms. The minimum atomic E-state index is 0.293. The number of hydrogen-bond donors (Lipinski definition) is 0. The normalized spacial score (nSPS) is 11.1. The summed E-state index contributed by atoms with van der Waals surface area (Å²) in [5.41, 5.74) is 1.69. The van der Waals surface area contributed by atoms with Crippen LogP contribution in [-0.2, 0) is 5.41 Å². The van der Waals surface area contributed by atoms with E-state index in [0.717, 1.165) is 0 Å². The molecule has 0 aliphatic heterocycles. The third-order valence-electron chi connectivity index (χ3n) is 1.64. The van der Waals surface area contributed by atoms with Gasteiger partial charge in [0, 0.05) is 0 Å². The molecule has 0 aliphatic rings. The van der Waals surface area contributed by atoms with E-state index >= 15 is 0 Å². The molecule has 52 valence electrons. The zero-order valence-electron chi connectivity index (χ0n) is 6.89. The first kappa shape index (κ1) is 7.52. The molecule has 0 spiro atoms. The molecule has 0 nitrogen and oxygen atoms in total. The molecular weight excluding hydrogens is 119 g/mol. The maximum absolute atomic E-state index is 2.22. The van der Waals surface area contributed by atoms with E-state index in [4.69, 9.17) is 0 Å². The Morgan fingerprint density at radius 1 is 1.20 bits per heavy atom. The summed E-state index contributed by atoms with van der Waals surface area (Å²) in [5.74, 6) is 2.08. The van der Waals surface area contributed by atoms with Crippen LogP contribution in [0.25, 0.3) is 0 Å². The Bertz CT molecular complexity index is 196. The van der Waals surface area contributed by atoms with Crippen LogP contribution < -0.4 is 0 Å². The van der Waals surface area contributed by atoms with Crippen molar-refractivity contribution in [1.82, 2.24) is 0 Å². The van der Waals surface area contributed by atoms with Gasteiger partial charge in [-0.3, -0.25) is 0 Å². The summed E-state index contributed by atoms with van der Waals surface area (Å²) < 4.78 is 0. The Labute approximate surface area is 63.5 Å². The van der Waals surface area contributed by atoms with Gasteiger partial charge in [-0.1, -0.05) is 0 Å². The molecule has 0 unspecified atom stereocenters. The predicted molar refractivity (Wildman–Crippen MR) is 46.5 cm³/mol. The quantitative estimate of drug-likeness (QED) is 0.508. The summed E-state index contributed by atoms with van der Waals surface area (Å²) in [6, 6.07) is 6.30. The van der Waals surface area contributed by atoms with Gasteiger partial charge in [0.1, 0.15) is 0 Å². The second-order valence-corrected chi connectivity index (χ2v) is 3.62. The van der Waals surface area contributed by atoms with Crippen molar-refractivity contribution in [3.05, 3.63) is 29.6 Å². The van der Waals surface area contributed by atoms with Gasteiger partial charge >= 0.3 is 62.7 Å². The average Bonchev–Trinajstić information content (AvgIpc) is 1.88. The minimum absolute atomic E-state index is 0.293. The van der Waals surface area contributed by atoms with Gasteiger partial charge in [0.15, 0.2) is 0 Å². The van der Waals surface area contributed by atoms with Crippen molar-refractivity contribution in [2.45, 2.75) is 26.2 Å². The van der Waals surface area contributed by atoms with E-state index in [2.05, 4.69) is 51.8 Å². The molecular formula is C9H13B. The average molecular weight is 132 g/mol. The molecule has 1 aromatic rings. The van der Waals surface area contributed by atoms with Crippen LogP contribution in [0.3, 0.4) is 0 Å². The summed E-state index contributed by atoms with van der Waals surface area (Å²) in [4.78, 5) is 0. The maximum atomic E-state index is 2.22. The van der Waals surface area contributed by atoms with Crippen LogP contribution >= 0.6 is 0 Å². The first-order valence-electron chi connectivity index (χ1n) is 3.66. The molecule has 1 rings (SSSR count). The molecule has 1 heteroatoms. The third kappa shape index (κ3) is 1.70. The van der Waals surface area contributed by atoms with Crippen LogP contribution in [0.5, 0.6) is 0 Å². The molecule has 10 heavy (non-hydrogen) atoms. The SMILES string of the molecule is CC(C)(C)c1bcccc1. The van der Waals surface area contributed by atoms with Gasteiger partial charge in [0.05, 0.1) is 0 Å². The van der Waals surface area contributed by atoms with Crippen LogP contribution in [0, 0.1) is 0 Å². The van der Waals surface area contributed by atoms with Gasteiger partial charge in [-0.15, -0.1) is 0 Å². The number of hydrogen-bond acceptors (Lipinski definition) is 0. The molecule has 0 radical (unpaired) electrons. The summed E-state index contributed by atoms with van der Waals surface area (Å²) in [7, 11) is 0. The Balaban J connectivity index is 2.97. The van der Waals surface area contributed by atoms with Crippen molar-refractivity contribution in [2.24, 2.45) is 0 Å². The van der Waals surface area contributed by atoms with E-state index in [1.165, 1.54) is 5.46 Å². The van der Waals surface area contributed by atoms with E-state index in [9.17, 15) is 0 Å². The van der Waals surface area contributed by atoms with Crippen molar-refractivity contribution in [1.29, 1.82) is 0 Å². The Kier molecular flexibility index (Phi) is 1.93. The second kappa shape index (κ2) is 2.57. The third-order valence-corrected chi connectivity index (χ3v) is 1.64. The van der Waals surface area contributed by atoms with Crippen LogP contribution in [0.15, 0.2) is 24.2 Å². The molecule has 1 aromatic heterocycles. The van der Waals surface area contributed by atoms with Crippen molar-refractivity contribution < 1.29 is 0 Å². The van der Waals surface area contributed by atoms with Crippen molar-refractivity contribution in [2.75, 3.05) is 0 Å². The first-order valence-corrected chi connectivity index (χ1v) is 3.66. The van der Waals surface area contributed by atoms with Crippen LogP contribution in [0.4, 0.5) is 0 Å². The van der Waals surface area contributed by atoms with E-state index in [0.29, 0.717) is 5.41 Å². The summed E-state index contributed by atoms with van der Waals surface area (Å²) in [6.07, 6.45) is 0. The fourth-order valence-corrected chi connectivity index (χ4v) is 0.938. The molecule has 0 saturated carbocycles.